The summed E-state index contributed by atoms with van der Waals surface area (Å²) in [5.74, 6) is 1.00. The molecule has 2 nitrogen and oxygen atoms in total. The lowest BCUT2D eigenvalue weighted by Gasteiger charge is -2.23. The first-order valence-corrected chi connectivity index (χ1v) is 5.77. The lowest BCUT2D eigenvalue weighted by Crippen LogP contribution is -2.20. The van der Waals surface area contributed by atoms with Gasteiger partial charge in [-0.1, -0.05) is 18.9 Å². The predicted octanol–water partition coefficient (Wildman–Crippen LogP) is 2.38. The molecule has 1 fully saturated rings. The maximum absolute atomic E-state index is 10.5. The Labute approximate surface area is 89.9 Å². The average Bonchev–Trinajstić information content (AvgIpc) is 2.85. The minimum atomic E-state index is -0.558. The van der Waals surface area contributed by atoms with E-state index in [9.17, 15) is 5.11 Å². The summed E-state index contributed by atoms with van der Waals surface area (Å²) < 4.78 is 5.47. The molecule has 0 amide bonds. The van der Waals surface area contributed by atoms with Crippen LogP contribution in [-0.2, 0) is 12.0 Å². The van der Waals surface area contributed by atoms with Crippen molar-refractivity contribution in [1.82, 2.24) is 0 Å². The van der Waals surface area contributed by atoms with Crippen LogP contribution in [0.25, 0.3) is 0 Å². The number of hydrogen-bond acceptors (Lipinski definition) is 2. The van der Waals surface area contributed by atoms with Crippen molar-refractivity contribution in [2.45, 2.75) is 37.7 Å². The highest BCUT2D eigenvalue weighted by atomic mass is 16.5. The zero-order valence-corrected chi connectivity index (χ0v) is 8.83. The highest BCUT2D eigenvalue weighted by Gasteiger charge is 2.33. The minimum Gasteiger partial charge on any atom is -0.493 e. The van der Waals surface area contributed by atoms with E-state index in [1.54, 1.807) is 0 Å². The summed E-state index contributed by atoms with van der Waals surface area (Å²) >= 11 is 0. The van der Waals surface area contributed by atoms with Gasteiger partial charge in [0, 0.05) is 6.42 Å². The number of fused-ring (bicyclic) bond motifs is 1. The van der Waals surface area contributed by atoms with Crippen molar-refractivity contribution in [2.24, 2.45) is 0 Å². The van der Waals surface area contributed by atoms with Gasteiger partial charge in [-0.15, -0.1) is 0 Å². The number of hydrogen-bond donors (Lipinski definition) is 1. The molecule has 15 heavy (non-hydrogen) atoms. The van der Waals surface area contributed by atoms with Crippen molar-refractivity contribution < 1.29 is 9.84 Å². The van der Waals surface area contributed by atoms with E-state index in [1.807, 2.05) is 12.1 Å². The summed E-state index contributed by atoms with van der Waals surface area (Å²) in [5.41, 5.74) is 1.79. The van der Waals surface area contributed by atoms with E-state index in [4.69, 9.17) is 4.74 Å². The molecule has 0 aromatic heterocycles. The Morgan fingerprint density at radius 1 is 1.20 bits per heavy atom. The zero-order chi connectivity index (χ0) is 10.3. The van der Waals surface area contributed by atoms with E-state index in [-0.39, 0.29) is 0 Å². The molecule has 1 aliphatic heterocycles. The first-order valence-electron chi connectivity index (χ1n) is 5.77. The predicted molar refractivity (Wildman–Crippen MR) is 58.0 cm³/mol. The Morgan fingerprint density at radius 2 is 2.00 bits per heavy atom. The Hall–Kier alpha value is -1.02. The van der Waals surface area contributed by atoms with Crippen LogP contribution in [0.1, 0.15) is 36.8 Å². The van der Waals surface area contributed by atoms with E-state index in [0.29, 0.717) is 0 Å². The smallest absolute Gasteiger partial charge is 0.122 e. The summed E-state index contributed by atoms with van der Waals surface area (Å²) in [7, 11) is 0. The molecule has 0 bridgehead atoms. The largest absolute Gasteiger partial charge is 0.493 e. The molecule has 0 unspecified atom stereocenters. The summed E-state index contributed by atoms with van der Waals surface area (Å²) in [5, 5.41) is 10.5. The van der Waals surface area contributed by atoms with Crippen molar-refractivity contribution in [3.8, 4) is 5.75 Å². The molecule has 2 aliphatic rings. The van der Waals surface area contributed by atoms with Gasteiger partial charge in [0.15, 0.2) is 0 Å². The number of aliphatic hydroxyl groups is 1. The van der Waals surface area contributed by atoms with Crippen LogP contribution >= 0.6 is 0 Å². The molecule has 0 atom stereocenters. The quantitative estimate of drug-likeness (QED) is 0.761. The molecule has 1 aromatic rings. The molecule has 1 saturated carbocycles. The molecule has 1 heterocycles. The molecule has 2 heteroatoms. The van der Waals surface area contributed by atoms with Gasteiger partial charge in [-0.2, -0.15) is 0 Å². The maximum Gasteiger partial charge on any atom is 0.122 e. The average molecular weight is 204 g/mol. The molecule has 0 radical (unpaired) electrons. The molecule has 1 aliphatic carbocycles. The number of ether oxygens (including phenoxy) is 1. The van der Waals surface area contributed by atoms with E-state index in [2.05, 4.69) is 6.07 Å². The SMILES string of the molecule is OC1(c2ccc3c(c2)CCO3)CCCC1. The van der Waals surface area contributed by atoms with E-state index in [1.165, 1.54) is 5.56 Å². The van der Waals surface area contributed by atoms with Crippen molar-refractivity contribution in [2.75, 3.05) is 6.61 Å². The molecule has 80 valence electrons. The van der Waals surface area contributed by atoms with Gasteiger partial charge in [0.2, 0.25) is 0 Å². The summed E-state index contributed by atoms with van der Waals surface area (Å²) in [4.78, 5) is 0. The van der Waals surface area contributed by atoms with Gasteiger partial charge >= 0.3 is 0 Å². The van der Waals surface area contributed by atoms with Crippen molar-refractivity contribution in [1.29, 1.82) is 0 Å². The van der Waals surface area contributed by atoms with E-state index >= 15 is 0 Å². The number of benzene rings is 1. The van der Waals surface area contributed by atoms with Gasteiger partial charge in [0.25, 0.3) is 0 Å². The first-order chi connectivity index (χ1) is 7.28. The standard InChI is InChI=1S/C13H16O2/c14-13(6-1-2-7-13)11-3-4-12-10(9-11)5-8-15-12/h3-4,9,14H,1-2,5-8H2. The fraction of sp³-hybridized carbons (Fsp3) is 0.538. The summed E-state index contributed by atoms with van der Waals surface area (Å²) in [6, 6.07) is 6.16. The third kappa shape index (κ3) is 1.44. The van der Waals surface area contributed by atoms with Crippen LogP contribution in [0.2, 0.25) is 0 Å². The molecule has 1 aromatic carbocycles. The highest BCUT2D eigenvalue weighted by molar-refractivity contribution is 5.41. The monoisotopic (exact) mass is 204 g/mol. The lowest BCUT2D eigenvalue weighted by molar-refractivity contribution is 0.0444. The van der Waals surface area contributed by atoms with Crippen LogP contribution in [0.15, 0.2) is 18.2 Å². The van der Waals surface area contributed by atoms with Crippen molar-refractivity contribution in [3.63, 3.8) is 0 Å². The Balaban J connectivity index is 1.98. The fourth-order valence-corrected chi connectivity index (χ4v) is 2.72. The van der Waals surface area contributed by atoms with E-state index in [0.717, 1.165) is 50.0 Å². The van der Waals surface area contributed by atoms with Gasteiger partial charge in [0.1, 0.15) is 5.75 Å². The van der Waals surface area contributed by atoms with Crippen molar-refractivity contribution >= 4 is 0 Å². The Kier molecular flexibility index (Phi) is 1.99. The van der Waals surface area contributed by atoms with Crippen LogP contribution in [0, 0.1) is 0 Å². The second kappa shape index (κ2) is 3.24. The van der Waals surface area contributed by atoms with Gasteiger partial charge < -0.3 is 9.84 Å². The minimum absolute atomic E-state index is 0.558. The summed E-state index contributed by atoms with van der Waals surface area (Å²) in [6.45, 7) is 0.789. The second-order valence-corrected chi connectivity index (χ2v) is 4.66. The Morgan fingerprint density at radius 3 is 2.80 bits per heavy atom. The van der Waals surface area contributed by atoms with Crippen LogP contribution in [0.3, 0.4) is 0 Å². The van der Waals surface area contributed by atoms with Crippen LogP contribution < -0.4 is 4.74 Å². The summed E-state index contributed by atoms with van der Waals surface area (Å²) in [6.07, 6.45) is 5.09. The molecular weight excluding hydrogens is 188 g/mol. The lowest BCUT2D eigenvalue weighted by atomic mass is 9.90. The fourth-order valence-electron chi connectivity index (χ4n) is 2.72. The molecular formula is C13H16O2. The Bertz CT molecular complexity index is 378. The van der Waals surface area contributed by atoms with Crippen LogP contribution in [0.5, 0.6) is 5.75 Å². The van der Waals surface area contributed by atoms with Crippen LogP contribution in [-0.4, -0.2) is 11.7 Å². The first kappa shape index (κ1) is 9.22. The highest BCUT2D eigenvalue weighted by Crippen LogP contribution is 2.40. The zero-order valence-electron chi connectivity index (χ0n) is 8.83. The van der Waals surface area contributed by atoms with Gasteiger partial charge in [0.05, 0.1) is 12.2 Å². The topological polar surface area (TPSA) is 29.5 Å². The van der Waals surface area contributed by atoms with Crippen LogP contribution in [0.4, 0.5) is 0 Å². The van der Waals surface area contributed by atoms with Gasteiger partial charge in [-0.25, -0.2) is 0 Å². The molecule has 1 N–H and O–H groups in total. The molecule has 3 rings (SSSR count). The normalized spacial score (nSPS) is 22.5. The number of rotatable bonds is 1. The molecule has 0 spiro atoms. The van der Waals surface area contributed by atoms with Gasteiger partial charge in [-0.3, -0.25) is 0 Å². The molecule has 0 saturated heterocycles. The maximum atomic E-state index is 10.5. The van der Waals surface area contributed by atoms with E-state index < -0.39 is 5.60 Å². The third-order valence-electron chi connectivity index (χ3n) is 3.66. The third-order valence-corrected chi connectivity index (χ3v) is 3.66. The van der Waals surface area contributed by atoms with Crippen molar-refractivity contribution in [3.05, 3.63) is 29.3 Å². The van der Waals surface area contributed by atoms with Gasteiger partial charge in [-0.05, 0) is 36.1 Å². The second-order valence-electron chi connectivity index (χ2n) is 4.66.